The third-order valence-corrected chi connectivity index (χ3v) is 8.06. The molecule has 0 aliphatic carbocycles. The summed E-state index contributed by atoms with van der Waals surface area (Å²) in [7, 11) is 4.02. The quantitative estimate of drug-likeness (QED) is 0.322. The number of ether oxygens (including phenoxy) is 1. The molecule has 236 valence electrons. The number of rotatable bonds is 6. The molecule has 4 heterocycles. The molecule has 2 saturated heterocycles. The van der Waals surface area contributed by atoms with Crippen LogP contribution in [0, 0.1) is 0 Å². The van der Waals surface area contributed by atoms with Crippen molar-refractivity contribution in [3.05, 3.63) is 71.9 Å². The summed E-state index contributed by atoms with van der Waals surface area (Å²) >= 11 is 0. The van der Waals surface area contributed by atoms with Gasteiger partial charge < -0.3 is 30.1 Å². The van der Waals surface area contributed by atoms with E-state index in [-0.39, 0.29) is 17.2 Å². The maximum absolute atomic E-state index is 13.8. The number of amides is 3. The zero-order chi connectivity index (χ0) is 31.7. The van der Waals surface area contributed by atoms with Crippen LogP contribution in [0.3, 0.4) is 0 Å². The maximum atomic E-state index is 13.8. The van der Waals surface area contributed by atoms with E-state index in [1.807, 2.05) is 23.9 Å². The molecule has 0 radical (unpaired) electrons. The Hall–Kier alpha value is -4.69. The van der Waals surface area contributed by atoms with Crippen LogP contribution in [0.25, 0.3) is 16.9 Å². The van der Waals surface area contributed by atoms with Crippen LogP contribution in [0.4, 0.5) is 35.2 Å². The van der Waals surface area contributed by atoms with Crippen molar-refractivity contribution < 1.29 is 27.5 Å². The molecule has 6 rings (SSSR count). The lowest BCUT2D eigenvalue weighted by atomic mass is 10.2. The Morgan fingerprint density at radius 2 is 1.56 bits per heavy atom. The van der Waals surface area contributed by atoms with Crippen LogP contribution in [0.15, 0.2) is 60.7 Å². The number of carbonyl (C=O) groups excluding carboxylic acids is 2. The Morgan fingerprint density at radius 3 is 2.16 bits per heavy atom. The lowest BCUT2D eigenvalue weighted by Gasteiger charge is -2.28. The molecule has 2 aliphatic rings. The maximum Gasteiger partial charge on any atom is 0.433 e. The molecule has 2 fully saturated rings. The van der Waals surface area contributed by atoms with Crippen LogP contribution in [0.1, 0.15) is 22.5 Å². The normalized spacial score (nSPS) is 17.2. The van der Waals surface area contributed by atoms with Gasteiger partial charge in [-0.2, -0.15) is 13.2 Å². The number of hydrogen-bond acceptors (Lipinski definition) is 7. The lowest BCUT2D eigenvalue weighted by Crippen LogP contribution is -2.37. The van der Waals surface area contributed by atoms with Crippen LogP contribution in [0.5, 0.6) is 0 Å². The van der Waals surface area contributed by atoms with Gasteiger partial charge in [0.2, 0.25) is 0 Å². The van der Waals surface area contributed by atoms with Gasteiger partial charge in [-0.3, -0.25) is 4.79 Å². The SMILES string of the molecule is CN(C)C1CCN(C(=O)c2ccc(NC(=O)Nc3ccc(-c4nc(N5CCOCC5)c5ccc(C(F)(F)F)n5n4)cc3)cc2)C1. The molecule has 2 aromatic heterocycles. The number of halogens is 3. The van der Waals surface area contributed by atoms with E-state index >= 15 is 0 Å². The van der Waals surface area contributed by atoms with Gasteiger partial charge in [-0.1, -0.05) is 0 Å². The van der Waals surface area contributed by atoms with E-state index in [4.69, 9.17) is 4.74 Å². The van der Waals surface area contributed by atoms with Gasteiger partial charge in [0.05, 0.1) is 13.2 Å². The molecule has 0 saturated carbocycles. The number of morpholine rings is 1. The molecular formula is C31H33F3N8O3. The first-order valence-electron chi connectivity index (χ1n) is 14.6. The molecule has 11 nitrogen and oxygen atoms in total. The monoisotopic (exact) mass is 622 g/mol. The van der Waals surface area contributed by atoms with Gasteiger partial charge in [0.25, 0.3) is 5.91 Å². The lowest BCUT2D eigenvalue weighted by molar-refractivity contribution is -0.142. The molecule has 0 spiro atoms. The summed E-state index contributed by atoms with van der Waals surface area (Å²) in [6, 6.07) is 15.5. The molecule has 2 aliphatic heterocycles. The fourth-order valence-electron chi connectivity index (χ4n) is 5.55. The van der Waals surface area contributed by atoms with E-state index < -0.39 is 17.9 Å². The molecule has 0 bridgehead atoms. The number of anilines is 3. The van der Waals surface area contributed by atoms with E-state index in [0.29, 0.717) is 73.8 Å². The number of aromatic nitrogens is 3. The molecule has 1 atom stereocenters. The Balaban J connectivity index is 1.13. The highest BCUT2D eigenvalue weighted by Crippen LogP contribution is 2.34. The molecule has 2 N–H and O–H groups in total. The van der Waals surface area contributed by atoms with Crippen molar-refractivity contribution >= 4 is 34.6 Å². The van der Waals surface area contributed by atoms with E-state index in [0.717, 1.165) is 17.0 Å². The van der Waals surface area contributed by atoms with Crippen LogP contribution >= 0.6 is 0 Å². The van der Waals surface area contributed by atoms with Gasteiger partial charge in [0.1, 0.15) is 11.2 Å². The van der Waals surface area contributed by atoms with E-state index in [2.05, 4.69) is 25.6 Å². The molecule has 1 unspecified atom stereocenters. The topological polar surface area (TPSA) is 107 Å². The number of nitrogens with one attached hydrogen (secondary N) is 2. The summed E-state index contributed by atoms with van der Waals surface area (Å²) in [4.78, 5) is 36.0. The number of alkyl halides is 3. The second kappa shape index (κ2) is 12.4. The van der Waals surface area contributed by atoms with E-state index in [9.17, 15) is 22.8 Å². The fourth-order valence-corrected chi connectivity index (χ4v) is 5.55. The van der Waals surface area contributed by atoms with Crippen molar-refractivity contribution in [1.29, 1.82) is 0 Å². The van der Waals surface area contributed by atoms with Crippen molar-refractivity contribution in [2.24, 2.45) is 0 Å². The zero-order valence-corrected chi connectivity index (χ0v) is 24.8. The molecule has 2 aromatic carbocycles. The van der Waals surface area contributed by atoms with E-state index in [1.54, 1.807) is 48.5 Å². The van der Waals surface area contributed by atoms with Crippen molar-refractivity contribution in [2.75, 3.05) is 69.0 Å². The minimum absolute atomic E-state index is 0.0398. The minimum atomic E-state index is -4.60. The van der Waals surface area contributed by atoms with Crippen molar-refractivity contribution in [2.45, 2.75) is 18.6 Å². The summed E-state index contributed by atoms with van der Waals surface area (Å²) in [6.45, 7) is 3.26. The fraction of sp³-hybridized carbons (Fsp3) is 0.355. The molecule has 3 amide bonds. The summed E-state index contributed by atoms with van der Waals surface area (Å²) in [6.07, 6.45) is -3.66. The standard InChI is InChI=1S/C31H33F3N8O3/c1-39(2)24-13-14-41(19-24)29(43)21-5-9-23(10-6-21)36-30(44)35-22-7-3-20(4-8-22)27-37-28(40-15-17-45-18-16-40)25-11-12-26(31(32,33)34)42(25)38-27/h3-12,24H,13-19H2,1-2H3,(H2,35,36,44). The average Bonchev–Trinajstić information content (AvgIpc) is 3.70. The number of urea groups is 1. The summed E-state index contributed by atoms with van der Waals surface area (Å²) < 4.78 is 47.6. The van der Waals surface area contributed by atoms with Crippen LogP contribution in [-0.4, -0.2) is 95.9 Å². The molecule has 14 heteroatoms. The average molecular weight is 623 g/mol. The highest BCUT2D eigenvalue weighted by atomic mass is 19.4. The Bertz CT molecular complexity index is 1680. The Labute approximate surface area is 257 Å². The number of fused-ring (bicyclic) bond motifs is 1. The molecule has 4 aromatic rings. The third kappa shape index (κ3) is 6.56. The minimum Gasteiger partial charge on any atom is -0.378 e. The second-order valence-electron chi connectivity index (χ2n) is 11.3. The second-order valence-corrected chi connectivity index (χ2v) is 11.3. The molecule has 45 heavy (non-hydrogen) atoms. The van der Waals surface area contributed by atoms with Gasteiger partial charge in [0, 0.05) is 54.7 Å². The first-order chi connectivity index (χ1) is 21.6. The van der Waals surface area contributed by atoms with Crippen molar-refractivity contribution in [1.82, 2.24) is 24.4 Å². The van der Waals surface area contributed by atoms with Crippen molar-refractivity contribution in [3.8, 4) is 11.4 Å². The summed E-state index contributed by atoms with van der Waals surface area (Å²) in [5, 5.41) is 9.71. The van der Waals surface area contributed by atoms with Gasteiger partial charge in [-0.25, -0.2) is 14.3 Å². The number of benzene rings is 2. The highest BCUT2D eigenvalue weighted by Gasteiger charge is 2.36. The van der Waals surface area contributed by atoms with Crippen molar-refractivity contribution in [3.63, 3.8) is 0 Å². The smallest absolute Gasteiger partial charge is 0.378 e. The number of carbonyl (C=O) groups is 2. The Kier molecular flexibility index (Phi) is 8.34. The molecular weight excluding hydrogens is 589 g/mol. The number of hydrogen-bond donors (Lipinski definition) is 2. The first-order valence-corrected chi connectivity index (χ1v) is 14.6. The zero-order valence-electron chi connectivity index (χ0n) is 24.8. The van der Waals surface area contributed by atoms with Crippen LogP contribution < -0.4 is 15.5 Å². The summed E-state index contributed by atoms with van der Waals surface area (Å²) in [5.41, 5.74) is 1.37. The number of likely N-dealkylation sites (tertiary alicyclic amines) is 1. The largest absolute Gasteiger partial charge is 0.433 e. The predicted octanol–water partition coefficient (Wildman–Crippen LogP) is 4.67. The van der Waals surface area contributed by atoms with Gasteiger partial charge in [-0.05, 0) is 81.2 Å². The third-order valence-electron chi connectivity index (χ3n) is 8.06. The number of nitrogens with zero attached hydrogens (tertiary/aromatic N) is 6. The van der Waals surface area contributed by atoms with Gasteiger partial charge in [-0.15, -0.1) is 5.10 Å². The first kappa shape index (κ1) is 30.3. The summed E-state index contributed by atoms with van der Waals surface area (Å²) in [5.74, 6) is 0.468. The predicted molar refractivity (Wildman–Crippen MR) is 164 cm³/mol. The van der Waals surface area contributed by atoms with Crippen LogP contribution in [0.2, 0.25) is 0 Å². The Morgan fingerprint density at radius 1 is 0.911 bits per heavy atom. The van der Waals surface area contributed by atoms with Gasteiger partial charge in [0.15, 0.2) is 11.6 Å². The van der Waals surface area contributed by atoms with Crippen LogP contribution in [-0.2, 0) is 10.9 Å². The number of likely N-dealkylation sites (N-methyl/N-ethyl adjacent to an activating group) is 1. The van der Waals surface area contributed by atoms with E-state index in [1.165, 1.54) is 6.07 Å². The van der Waals surface area contributed by atoms with Gasteiger partial charge >= 0.3 is 12.2 Å². The highest BCUT2D eigenvalue weighted by molar-refractivity contribution is 6.00.